The summed E-state index contributed by atoms with van der Waals surface area (Å²) in [5.41, 5.74) is -0.478. The third-order valence-electron chi connectivity index (χ3n) is 5.31. The summed E-state index contributed by atoms with van der Waals surface area (Å²) >= 11 is 13.8. The third kappa shape index (κ3) is 5.45. The van der Waals surface area contributed by atoms with Crippen molar-refractivity contribution in [3.8, 4) is 0 Å². The van der Waals surface area contributed by atoms with E-state index >= 15 is 0 Å². The zero-order valence-electron chi connectivity index (χ0n) is 16.5. The van der Waals surface area contributed by atoms with Crippen LogP contribution < -0.4 is 0 Å². The van der Waals surface area contributed by atoms with Crippen molar-refractivity contribution in [1.29, 1.82) is 0 Å². The van der Waals surface area contributed by atoms with E-state index in [1.54, 1.807) is 6.07 Å². The molecule has 1 aliphatic rings. The fourth-order valence-corrected chi connectivity index (χ4v) is 4.03. The number of ether oxygens (including phenoxy) is 1. The molecule has 2 aromatic rings. The number of rotatable bonds is 9. The lowest BCUT2D eigenvalue weighted by Crippen LogP contribution is -2.47. The first-order valence-electron chi connectivity index (χ1n) is 9.63. The van der Waals surface area contributed by atoms with Crippen LogP contribution in [0.3, 0.4) is 0 Å². The SMILES string of the molecule is CCC(C)COC(=O)Sc1ncnn1CC(O)(Cc1ccccc1Cl)C1(Cl)CC1. The van der Waals surface area contributed by atoms with Crippen molar-refractivity contribution >= 4 is 40.3 Å². The number of thioether (sulfide) groups is 1. The van der Waals surface area contributed by atoms with Gasteiger partial charge in [0.2, 0.25) is 0 Å². The highest BCUT2D eigenvalue weighted by Crippen LogP contribution is 2.53. The molecule has 0 spiro atoms. The molecule has 1 aromatic heterocycles. The summed E-state index contributed by atoms with van der Waals surface area (Å²) in [6.07, 6.45) is 3.96. The molecule has 1 saturated carbocycles. The van der Waals surface area contributed by atoms with Gasteiger partial charge < -0.3 is 9.84 Å². The minimum absolute atomic E-state index is 0.0999. The maximum absolute atomic E-state index is 12.1. The Labute approximate surface area is 184 Å². The van der Waals surface area contributed by atoms with Gasteiger partial charge in [0.1, 0.15) is 11.9 Å². The van der Waals surface area contributed by atoms with Crippen LogP contribution in [0.15, 0.2) is 35.7 Å². The van der Waals surface area contributed by atoms with Gasteiger partial charge in [-0.1, -0.05) is 50.1 Å². The second-order valence-electron chi connectivity index (χ2n) is 7.64. The smallest absolute Gasteiger partial charge is 0.375 e. The van der Waals surface area contributed by atoms with E-state index in [0.29, 0.717) is 35.5 Å². The van der Waals surface area contributed by atoms with Gasteiger partial charge >= 0.3 is 5.30 Å². The predicted octanol–water partition coefficient (Wildman–Crippen LogP) is 4.95. The molecular weight excluding hydrogens is 433 g/mol. The second kappa shape index (κ2) is 9.25. The number of nitrogens with zero attached hydrogens (tertiary/aromatic N) is 3. The van der Waals surface area contributed by atoms with Gasteiger partial charge in [0, 0.05) is 23.2 Å². The largest absolute Gasteiger partial charge is 0.457 e. The van der Waals surface area contributed by atoms with Gasteiger partial charge in [0.05, 0.1) is 18.0 Å². The van der Waals surface area contributed by atoms with E-state index < -0.39 is 15.8 Å². The summed E-state index contributed by atoms with van der Waals surface area (Å²) in [5.74, 6) is 0.295. The normalized spacial score (nSPS) is 18.1. The molecule has 0 aliphatic heterocycles. The average molecular weight is 458 g/mol. The standard InChI is InChI=1S/C20H25Cl2N3O3S/c1-3-14(2)11-28-18(26)29-17-23-13-24-25(17)12-20(27,19(22)8-9-19)10-15-6-4-5-7-16(15)21/h4-7,13-14,27H,3,8-12H2,1-2H3. The molecule has 1 fully saturated rings. The van der Waals surface area contributed by atoms with Crippen LogP contribution in [0.25, 0.3) is 0 Å². The highest BCUT2D eigenvalue weighted by molar-refractivity contribution is 8.13. The van der Waals surface area contributed by atoms with E-state index in [4.69, 9.17) is 27.9 Å². The highest BCUT2D eigenvalue weighted by atomic mass is 35.5. The molecule has 2 unspecified atom stereocenters. The summed E-state index contributed by atoms with van der Waals surface area (Å²) < 4.78 is 6.79. The van der Waals surface area contributed by atoms with Crippen LogP contribution in [0, 0.1) is 5.92 Å². The Hall–Kier alpha value is -1.28. The number of aromatic nitrogens is 3. The summed E-state index contributed by atoms with van der Waals surface area (Å²) in [6.45, 7) is 4.52. The van der Waals surface area contributed by atoms with Gasteiger partial charge in [-0.3, -0.25) is 0 Å². The number of carbonyl (C=O) groups excluding carboxylic acids is 1. The van der Waals surface area contributed by atoms with Gasteiger partial charge in [-0.05, 0) is 30.4 Å². The fourth-order valence-electron chi connectivity index (χ4n) is 3.01. The number of carbonyl (C=O) groups is 1. The van der Waals surface area contributed by atoms with Crippen LogP contribution in [-0.2, 0) is 17.7 Å². The summed E-state index contributed by atoms with van der Waals surface area (Å²) in [4.78, 5) is 15.5. The van der Waals surface area contributed by atoms with Crippen LogP contribution in [0.4, 0.5) is 4.79 Å². The fraction of sp³-hybridized carbons (Fsp3) is 0.550. The molecule has 2 atom stereocenters. The first-order valence-corrected chi connectivity index (χ1v) is 11.2. The maximum Gasteiger partial charge on any atom is 0.375 e. The van der Waals surface area contributed by atoms with E-state index in [2.05, 4.69) is 10.1 Å². The Morgan fingerprint density at radius 3 is 2.83 bits per heavy atom. The monoisotopic (exact) mass is 457 g/mol. The van der Waals surface area contributed by atoms with Crippen molar-refractivity contribution in [2.75, 3.05) is 6.61 Å². The topological polar surface area (TPSA) is 77.2 Å². The van der Waals surface area contributed by atoms with Crippen molar-refractivity contribution in [1.82, 2.24) is 14.8 Å². The molecule has 1 aliphatic carbocycles. The Morgan fingerprint density at radius 2 is 2.17 bits per heavy atom. The van der Waals surface area contributed by atoms with E-state index in [1.807, 2.05) is 32.0 Å². The molecule has 9 heteroatoms. The number of aliphatic hydroxyl groups is 1. The lowest BCUT2D eigenvalue weighted by molar-refractivity contribution is 0.00524. The Kier molecular flexibility index (Phi) is 7.14. The van der Waals surface area contributed by atoms with Crippen molar-refractivity contribution in [3.05, 3.63) is 41.2 Å². The summed E-state index contributed by atoms with van der Waals surface area (Å²) in [6, 6.07) is 7.38. The van der Waals surface area contributed by atoms with Crippen molar-refractivity contribution in [2.24, 2.45) is 5.92 Å². The molecule has 6 nitrogen and oxygen atoms in total. The van der Waals surface area contributed by atoms with Crippen LogP contribution in [-0.4, -0.2) is 42.3 Å². The first-order chi connectivity index (χ1) is 13.8. The molecular formula is C20H25Cl2N3O3S. The maximum atomic E-state index is 12.1. The molecule has 3 rings (SSSR count). The van der Waals surface area contributed by atoms with Gasteiger partial charge in [0.15, 0.2) is 5.16 Å². The van der Waals surface area contributed by atoms with Gasteiger partial charge in [0.25, 0.3) is 0 Å². The molecule has 29 heavy (non-hydrogen) atoms. The highest BCUT2D eigenvalue weighted by Gasteiger charge is 2.58. The molecule has 158 valence electrons. The van der Waals surface area contributed by atoms with Gasteiger partial charge in [-0.15, -0.1) is 11.6 Å². The van der Waals surface area contributed by atoms with Crippen molar-refractivity contribution in [3.63, 3.8) is 0 Å². The molecule has 1 aromatic carbocycles. The Balaban J connectivity index is 1.74. The zero-order valence-corrected chi connectivity index (χ0v) is 18.8. The predicted molar refractivity (Wildman–Crippen MR) is 115 cm³/mol. The minimum atomic E-state index is -1.29. The molecule has 0 bridgehead atoms. The number of benzene rings is 1. The van der Waals surface area contributed by atoms with Crippen molar-refractivity contribution in [2.45, 2.75) is 61.7 Å². The van der Waals surface area contributed by atoms with Crippen LogP contribution in [0.5, 0.6) is 0 Å². The number of alkyl halides is 1. The summed E-state index contributed by atoms with van der Waals surface area (Å²) in [5, 5.41) is 16.2. The first kappa shape index (κ1) is 22.4. The van der Waals surface area contributed by atoms with Crippen LogP contribution in [0.2, 0.25) is 5.02 Å². The molecule has 0 saturated heterocycles. The summed E-state index contributed by atoms with van der Waals surface area (Å²) in [7, 11) is 0. The average Bonchev–Trinajstić information content (AvgIpc) is 3.32. The molecule has 1 N–H and O–H groups in total. The second-order valence-corrected chi connectivity index (χ2v) is 9.68. The third-order valence-corrected chi connectivity index (χ3v) is 7.19. The minimum Gasteiger partial charge on any atom is -0.457 e. The lowest BCUT2D eigenvalue weighted by Gasteiger charge is -2.33. The van der Waals surface area contributed by atoms with Crippen LogP contribution in [0.1, 0.15) is 38.7 Å². The van der Waals surface area contributed by atoms with E-state index in [9.17, 15) is 9.90 Å². The van der Waals surface area contributed by atoms with Crippen molar-refractivity contribution < 1.29 is 14.6 Å². The van der Waals surface area contributed by atoms with E-state index in [0.717, 1.165) is 23.7 Å². The quantitative estimate of drug-likeness (QED) is 0.326. The number of halogens is 2. The lowest BCUT2D eigenvalue weighted by atomic mass is 9.89. The molecule has 1 heterocycles. The van der Waals surface area contributed by atoms with E-state index in [1.165, 1.54) is 11.0 Å². The van der Waals surface area contributed by atoms with Crippen LogP contribution >= 0.6 is 35.0 Å². The van der Waals surface area contributed by atoms with E-state index in [-0.39, 0.29) is 13.0 Å². The number of hydrogen-bond donors (Lipinski definition) is 1. The molecule has 0 amide bonds. The number of hydrogen-bond acceptors (Lipinski definition) is 6. The molecule has 0 radical (unpaired) electrons. The van der Waals surface area contributed by atoms with Gasteiger partial charge in [-0.2, -0.15) is 5.10 Å². The van der Waals surface area contributed by atoms with Gasteiger partial charge in [-0.25, -0.2) is 14.5 Å². The Morgan fingerprint density at radius 1 is 1.45 bits per heavy atom. The Bertz CT molecular complexity index is 859. The zero-order chi connectivity index (χ0) is 21.1.